The van der Waals surface area contributed by atoms with E-state index in [9.17, 15) is 9.59 Å². The monoisotopic (exact) mass is 355 g/mol. The summed E-state index contributed by atoms with van der Waals surface area (Å²) in [4.78, 5) is 24.4. The first kappa shape index (κ1) is 19.9. The Kier molecular flexibility index (Phi) is 6.75. The second kappa shape index (κ2) is 8.81. The first-order valence-electron chi connectivity index (χ1n) is 9.07. The van der Waals surface area contributed by atoms with Crippen molar-refractivity contribution in [3.63, 3.8) is 0 Å². The quantitative estimate of drug-likeness (QED) is 0.680. The normalized spacial score (nSPS) is 13.4. The van der Waals surface area contributed by atoms with Crippen LogP contribution >= 0.6 is 0 Å². The molecule has 0 bridgehead atoms. The summed E-state index contributed by atoms with van der Waals surface area (Å²) in [5.41, 5.74) is 6.31. The summed E-state index contributed by atoms with van der Waals surface area (Å²) in [6.07, 6.45) is 1.04. The summed E-state index contributed by atoms with van der Waals surface area (Å²) < 4.78 is 0. The van der Waals surface area contributed by atoms with E-state index in [-0.39, 0.29) is 24.8 Å². The van der Waals surface area contributed by atoms with E-state index >= 15 is 0 Å². The zero-order chi connectivity index (χ0) is 19.2. The van der Waals surface area contributed by atoms with Crippen LogP contribution in [-0.4, -0.2) is 30.4 Å². The van der Waals surface area contributed by atoms with Crippen LogP contribution in [0.25, 0.3) is 10.8 Å². The van der Waals surface area contributed by atoms with Gasteiger partial charge in [-0.2, -0.15) is 0 Å². The van der Waals surface area contributed by atoms with Crippen molar-refractivity contribution in [2.45, 2.75) is 39.2 Å². The third-order valence-corrected chi connectivity index (χ3v) is 4.43. The second-order valence-corrected chi connectivity index (χ2v) is 7.50. The van der Waals surface area contributed by atoms with Gasteiger partial charge in [-0.05, 0) is 35.6 Å². The summed E-state index contributed by atoms with van der Waals surface area (Å²) in [6.45, 7) is 6.43. The van der Waals surface area contributed by atoms with Crippen LogP contribution in [0.4, 0.5) is 0 Å². The van der Waals surface area contributed by atoms with E-state index in [2.05, 4.69) is 24.5 Å². The number of fused-ring (bicyclic) bond motifs is 1. The molecule has 0 radical (unpaired) electrons. The molecular formula is C21H29N3O2. The van der Waals surface area contributed by atoms with Gasteiger partial charge in [-0.15, -0.1) is 0 Å². The Morgan fingerprint density at radius 1 is 1.08 bits per heavy atom. The lowest BCUT2D eigenvalue weighted by Gasteiger charge is -2.31. The van der Waals surface area contributed by atoms with Gasteiger partial charge in [-0.3, -0.25) is 9.59 Å². The van der Waals surface area contributed by atoms with Crippen LogP contribution in [0.15, 0.2) is 42.5 Å². The highest BCUT2D eigenvalue weighted by Crippen LogP contribution is 2.19. The zero-order valence-corrected chi connectivity index (χ0v) is 15.8. The molecule has 5 heteroatoms. The van der Waals surface area contributed by atoms with Crippen molar-refractivity contribution in [1.29, 1.82) is 0 Å². The molecule has 0 spiro atoms. The van der Waals surface area contributed by atoms with Gasteiger partial charge in [-0.1, -0.05) is 56.3 Å². The van der Waals surface area contributed by atoms with Crippen molar-refractivity contribution >= 4 is 22.6 Å². The van der Waals surface area contributed by atoms with Gasteiger partial charge in [-0.25, -0.2) is 0 Å². The fraction of sp³-hybridized carbons (Fsp3) is 0.429. The highest BCUT2D eigenvalue weighted by molar-refractivity contribution is 5.91. The van der Waals surface area contributed by atoms with Crippen LogP contribution in [0.5, 0.6) is 0 Å². The van der Waals surface area contributed by atoms with Crippen molar-refractivity contribution in [2.75, 3.05) is 13.1 Å². The van der Waals surface area contributed by atoms with E-state index < -0.39 is 5.54 Å². The first-order chi connectivity index (χ1) is 12.3. The first-order valence-corrected chi connectivity index (χ1v) is 9.07. The van der Waals surface area contributed by atoms with Crippen LogP contribution < -0.4 is 16.4 Å². The maximum absolute atomic E-state index is 12.3. The van der Waals surface area contributed by atoms with Gasteiger partial charge in [0.2, 0.25) is 11.8 Å². The highest BCUT2D eigenvalue weighted by atomic mass is 16.2. The summed E-state index contributed by atoms with van der Waals surface area (Å²) in [7, 11) is 0. The molecular weight excluding hydrogens is 326 g/mol. The average molecular weight is 355 g/mol. The number of amides is 2. The topological polar surface area (TPSA) is 84.2 Å². The molecule has 0 aliphatic carbocycles. The largest absolute Gasteiger partial charge is 0.348 e. The molecule has 4 N–H and O–H groups in total. The van der Waals surface area contributed by atoms with E-state index in [1.165, 1.54) is 0 Å². The Bertz CT molecular complexity index is 767. The minimum absolute atomic E-state index is 0.0444. The van der Waals surface area contributed by atoms with E-state index in [1.807, 2.05) is 49.4 Å². The van der Waals surface area contributed by atoms with Gasteiger partial charge in [0, 0.05) is 12.1 Å². The van der Waals surface area contributed by atoms with Gasteiger partial charge < -0.3 is 16.4 Å². The number of hydrogen-bond acceptors (Lipinski definition) is 3. The molecule has 0 fully saturated rings. The molecule has 140 valence electrons. The van der Waals surface area contributed by atoms with Crippen molar-refractivity contribution in [1.82, 2.24) is 10.6 Å². The van der Waals surface area contributed by atoms with Crippen LogP contribution in [0.1, 0.15) is 32.8 Å². The second-order valence-electron chi connectivity index (χ2n) is 7.50. The number of benzene rings is 2. The van der Waals surface area contributed by atoms with Crippen molar-refractivity contribution in [2.24, 2.45) is 11.7 Å². The van der Waals surface area contributed by atoms with E-state index in [4.69, 9.17) is 5.73 Å². The molecule has 26 heavy (non-hydrogen) atoms. The maximum atomic E-state index is 12.3. The number of carbonyl (C=O) groups excluding carboxylic acids is 2. The molecule has 0 saturated heterocycles. The highest BCUT2D eigenvalue weighted by Gasteiger charge is 2.25. The number of carbonyl (C=O) groups is 2. The zero-order valence-electron chi connectivity index (χ0n) is 15.8. The Balaban J connectivity index is 1.91. The average Bonchev–Trinajstić information content (AvgIpc) is 2.59. The predicted octanol–water partition coefficient (Wildman–Crippen LogP) is 2.38. The van der Waals surface area contributed by atoms with Crippen molar-refractivity contribution in [3.05, 3.63) is 48.0 Å². The van der Waals surface area contributed by atoms with Crippen LogP contribution in [0.2, 0.25) is 0 Å². The fourth-order valence-corrected chi connectivity index (χ4v) is 3.33. The predicted molar refractivity (Wildman–Crippen MR) is 106 cm³/mol. The van der Waals surface area contributed by atoms with Gasteiger partial charge in [0.05, 0.1) is 13.0 Å². The van der Waals surface area contributed by atoms with Gasteiger partial charge in [0.15, 0.2) is 0 Å². The number of hydrogen-bond donors (Lipinski definition) is 3. The Morgan fingerprint density at radius 3 is 2.46 bits per heavy atom. The Labute approximate surface area is 155 Å². The molecule has 2 aromatic carbocycles. The summed E-state index contributed by atoms with van der Waals surface area (Å²) >= 11 is 0. The lowest BCUT2D eigenvalue weighted by atomic mass is 9.91. The molecule has 0 saturated carbocycles. The standard InChI is InChI=1S/C21H29N3O2/c1-15(2)12-21(3,14-22)24-20(26)13-23-19(25)11-17-9-6-8-16-7-4-5-10-18(16)17/h4-10,15H,11-14,22H2,1-3H3,(H,23,25)(H,24,26). The van der Waals surface area contributed by atoms with Gasteiger partial charge in [0.25, 0.3) is 0 Å². The molecule has 0 aliphatic heterocycles. The lowest BCUT2D eigenvalue weighted by molar-refractivity contribution is -0.126. The third-order valence-electron chi connectivity index (χ3n) is 4.43. The summed E-state index contributed by atoms with van der Waals surface area (Å²) in [6, 6.07) is 13.9. The third kappa shape index (κ3) is 5.56. The van der Waals surface area contributed by atoms with Crippen LogP contribution in [0.3, 0.4) is 0 Å². The molecule has 0 aromatic heterocycles. The molecule has 1 atom stereocenters. The van der Waals surface area contributed by atoms with Gasteiger partial charge >= 0.3 is 0 Å². The van der Waals surface area contributed by atoms with E-state index in [1.54, 1.807) is 0 Å². The summed E-state index contributed by atoms with van der Waals surface area (Å²) in [5, 5.41) is 7.81. The minimum Gasteiger partial charge on any atom is -0.348 e. The lowest BCUT2D eigenvalue weighted by Crippen LogP contribution is -2.54. The minimum atomic E-state index is -0.453. The van der Waals surface area contributed by atoms with Crippen LogP contribution in [0, 0.1) is 5.92 Å². The van der Waals surface area contributed by atoms with Crippen molar-refractivity contribution in [3.8, 4) is 0 Å². The van der Waals surface area contributed by atoms with E-state index in [0.717, 1.165) is 22.8 Å². The van der Waals surface area contributed by atoms with Crippen molar-refractivity contribution < 1.29 is 9.59 Å². The fourth-order valence-electron chi connectivity index (χ4n) is 3.33. The number of nitrogens with one attached hydrogen (secondary N) is 2. The van der Waals surface area contributed by atoms with E-state index in [0.29, 0.717) is 12.5 Å². The molecule has 2 rings (SSSR count). The molecule has 2 amide bonds. The SMILES string of the molecule is CC(C)CC(C)(CN)NC(=O)CNC(=O)Cc1cccc2ccccc12. The number of rotatable bonds is 8. The molecule has 2 aromatic rings. The molecule has 5 nitrogen and oxygen atoms in total. The molecule has 1 unspecified atom stereocenters. The maximum Gasteiger partial charge on any atom is 0.239 e. The molecule has 0 aliphatic rings. The summed E-state index contributed by atoms with van der Waals surface area (Å²) in [5.74, 6) is 0.0319. The smallest absolute Gasteiger partial charge is 0.239 e. The Morgan fingerprint density at radius 2 is 1.77 bits per heavy atom. The molecule has 0 heterocycles. The Hall–Kier alpha value is -2.40. The number of nitrogens with two attached hydrogens (primary N) is 1. The van der Waals surface area contributed by atoms with Gasteiger partial charge in [0.1, 0.15) is 0 Å². The van der Waals surface area contributed by atoms with Crippen LogP contribution in [-0.2, 0) is 16.0 Å².